The van der Waals surface area contributed by atoms with Crippen LogP contribution < -0.4 is 0 Å². The Kier molecular flexibility index (Phi) is 4.18. The van der Waals surface area contributed by atoms with Gasteiger partial charge < -0.3 is 5.11 Å². The number of carboxylic acid groups (broad SMARTS) is 1. The van der Waals surface area contributed by atoms with Crippen LogP contribution in [0, 0.1) is 0 Å². The lowest BCUT2D eigenvalue weighted by Gasteiger charge is -2.11. The maximum Gasteiger partial charge on any atom is 0.436 e. The fourth-order valence-electron chi connectivity index (χ4n) is 1.36. The summed E-state index contributed by atoms with van der Waals surface area (Å²) in [6, 6.07) is -1.08. The van der Waals surface area contributed by atoms with Crippen LogP contribution in [-0.4, -0.2) is 20.9 Å². The molecule has 0 saturated heterocycles. The number of aromatic nitrogens is 2. The van der Waals surface area contributed by atoms with E-state index in [1.165, 1.54) is 0 Å². The second-order valence-electron chi connectivity index (χ2n) is 3.45. The molecule has 0 fully saturated rings. The predicted molar refractivity (Wildman–Crippen MR) is 56.5 cm³/mol. The molecule has 4 nitrogen and oxygen atoms in total. The van der Waals surface area contributed by atoms with Crippen LogP contribution in [0.3, 0.4) is 0 Å². The van der Waals surface area contributed by atoms with E-state index in [-0.39, 0.29) is 10.9 Å². The summed E-state index contributed by atoms with van der Waals surface area (Å²) >= 11 is 2.73. The molecule has 1 aromatic rings. The number of aliphatic carboxylic acids is 1. The zero-order valence-corrected chi connectivity index (χ0v) is 10.4. The third-order valence-corrected chi connectivity index (χ3v) is 2.70. The first-order valence-electron chi connectivity index (χ1n) is 4.82. The monoisotopic (exact) mass is 314 g/mol. The summed E-state index contributed by atoms with van der Waals surface area (Å²) in [6.45, 7) is 1.75. The number of hydrogen-bond acceptors (Lipinski definition) is 2. The molecule has 0 aliphatic carbocycles. The highest BCUT2D eigenvalue weighted by molar-refractivity contribution is 9.10. The van der Waals surface area contributed by atoms with Gasteiger partial charge in [0, 0.05) is 6.20 Å². The van der Waals surface area contributed by atoms with Crippen molar-refractivity contribution in [3.8, 4) is 0 Å². The number of halogens is 4. The highest BCUT2D eigenvalue weighted by Crippen LogP contribution is 2.34. The fourth-order valence-corrected chi connectivity index (χ4v) is 1.88. The molecule has 1 atom stereocenters. The molecule has 0 radical (unpaired) electrons. The van der Waals surface area contributed by atoms with E-state index in [0.29, 0.717) is 6.42 Å². The Labute approximate surface area is 104 Å². The molecule has 96 valence electrons. The van der Waals surface area contributed by atoms with Crippen molar-refractivity contribution >= 4 is 21.9 Å². The number of nitrogens with zero attached hydrogens (tertiary/aromatic N) is 2. The van der Waals surface area contributed by atoms with Crippen molar-refractivity contribution in [3.05, 3.63) is 16.4 Å². The van der Waals surface area contributed by atoms with Gasteiger partial charge in [-0.2, -0.15) is 18.3 Å². The molecule has 8 heteroatoms. The van der Waals surface area contributed by atoms with Crippen molar-refractivity contribution in [2.45, 2.75) is 32.0 Å². The molecule has 0 spiro atoms. The van der Waals surface area contributed by atoms with Crippen molar-refractivity contribution in [1.82, 2.24) is 9.78 Å². The highest BCUT2D eigenvalue weighted by atomic mass is 79.9. The van der Waals surface area contributed by atoms with Gasteiger partial charge in [0.2, 0.25) is 0 Å². The first-order chi connectivity index (χ1) is 7.77. The number of hydrogen-bond donors (Lipinski definition) is 1. The van der Waals surface area contributed by atoms with Crippen LogP contribution >= 0.6 is 15.9 Å². The molecule has 1 N–H and O–H groups in total. The molecule has 17 heavy (non-hydrogen) atoms. The lowest BCUT2D eigenvalue weighted by molar-refractivity contribution is -0.145. The molecule has 0 aliphatic heterocycles. The maximum absolute atomic E-state index is 12.5. The van der Waals surface area contributed by atoms with Gasteiger partial charge in [-0.25, -0.2) is 4.79 Å². The summed E-state index contributed by atoms with van der Waals surface area (Å²) < 4.78 is 38.0. The van der Waals surface area contributed by atoms with Crippen molar-refractivity contribution < 1.29 is 23.1 Å². The van der Waals surface area contributed by atoms with E-state index in [2.05, 4.69) is 21.0 Å². The second-order valence-corrected chi connectivity index (χ2v) is 4.30. The minimum Gasteiger partial charge on any atom is -0.480 e. The minimum atomic E-state index is -4.60. The Morgan fingerprint density at radius 2 is 2.24 bits per heavy atom. The summed E-state index contributed by atoms with van der Waals surface area (Å²) in [7, 11) is 0. The van der Waals surface area contributed by atoms with Gasteiger partial charge in [0.05, 0.1) is 4.47 Å². The van der Waals surface area contributed by atoms with E-state index in [4.69, 9.17) is 5.11 Å². The van der Waals surface area contributed by atoms with Gasteiger partial charge in [-0.15, -0.1) is 0 Å². The first kappa shape index (κ1) is 14.0. The van der Waals surface area contributed by atoms with Gasteiger partial charge >= 0.3 is 12.1 Å². The lowest BCUT2D eigenvalue weighted by Crippen LogP contribution is -2.20. The van der Waals surface area contributed by atoms with Gasteiger partial charge in [-0.3, -0.25) is 4.68 Å². The van der Waals surface area contributed by atoms with E-state index in [1.807, 2.05) is 0 Å². The SMILES string of the molecule is CCCC(C(=O)O)n1cc(Br)c(C(F)(F)F)n1. The summed E-state index contributed by atoms with van der Waals surface area (Å²) in [5.41, 5.74) is -1.11. The smallest absolute Gasteiger partial charge is 0.436 e. The fraction of sp³-hybridized carbons (Fsp3) is 0.556. The molecule has 0 aromatic carbocycles. The molecular weight excluding hydrogens is 305 g/mol. The zero-order chi connectivity index (χ0) is 13.2. The standard InChI is InChI=1S/C9H10BrF3N2O2/c1-2-3-6(8(16)17)15-4-5(10)7(14-15)9(11,12)13/h4,6H,2-3H2,1H3,(H,16,17). The molecule has 0 aliphatic rings. The molecular formula is C9H10BrF3N2O2. The van der Waals surface area contributed by atoms with Crippen molar-refractivity contribution in [1.29, 1.82) is 0 Å². The van der Waals surface area contributed by atoms with E-state index < -0.39 is 23.9 Å². The predicted octanol–water partition coefficient (Wildman–Crippen LogP) is 3.09. The zero-order valence-electron chi connectivity index (χ0n) is 8.83. The molecule has 0 amide bonds. The summed E-state index contributed by atoms with van der Waals surface area (Å²) in [5.74, 6) is -1.20. The Hall–Kier alpha value is -1.05. The summed E-state index contributed by atoms with van der Waals surface area (Å²) in [4.78, 5) is 10.9. The van der Waals surface area contributed by atoms with Crippen LogP contribution in [0.2, 0.25) is 0 Å². The van der Waals surface area contributed by atoms with Crippen LogP contribution in [-0.2, 0) is 11.0 Å². The van der Waals surface area contributed by atoms with Gasteiger partial charge in [0.1, 0.15) is 6.04 Å². The Balaban J connectivity index is 3.11. The van der Waals surface area contributed by atoms with Crippen LogP contribution in [0.4, 0.5) is 13.2 Å². The van der Waals surface area contributed by atoms with Crippen molar-refractivity contribution in [3.63, 3.8) is 0 Å². The van der Waals surface area contributed by atoms with E-state index in [9.17, 15) is 18.0 Å². The number of alkyl halides is 3. The van der Waals surface area contributed by atoms with Gasteiger partial charge in [0.25, 0.3) is 0 Å². The first-order valence-corrected chi connectivity index (χ1v) is 5.61. The van der Waals surface area contributed by atoms with Crippen LogP contribution in [0.15, 0.2) is 10.7 Å². The Morgan fingerprint density at radius 3 is 2.59 bits per heavy atom. The average Bonchev–Trinajstić information content (AvgIpc) is 2.55. The molecule has 0 saturated carbocycles. The number of carbonyl (C=O) groups is 1. The molecule has 1 rings (SSSR count). The van der Waals surface area contributed by atoms with Crippen LogP contribution in [0.25, 0.3) is 0 Å². The topological polar surface area (TPSA) is 55.1 Å². The van der Waals surface area contributed by atoms with E-state index in [1.54, 1.807) is 6.92 Å². The quantitative estimate of drug-likeness (QED) is 0.929. The van der Waals surface area contributed by atoms with Gasteiger partial charge in [-0.05, 0) is 22.4 Å². The lowest BCUT2D eigenvalue weighted by atomic mass is 10.2. The third kappa shape index (κ3) is 3.21. The molecule has 0 bridgehead atoms. The Bertz CT molecular complexity index is 417. The highest BCUT2D eigenvalue weighted by Gasteiger charge is 2.37. The number of rotatable bonds is 4. The van der Waals surface area contributed by atoms with Gasteiger partial charge in [0.15, 0.2) is 5.69 Å². The summed E-state index contributed by atoms with van der Waals surface area (Å²) in [6.07, 6.45) is -2.80. The normalized spacial score (nSPS) is 13.7. The van der Waals surface area contributed by atoms with Crippen LogP contribution in [0.5, 0.6) is 0 Å². The van der Waals surface area contributed by atoms with E-state index in [0.717, 1.165) is 10.9 Å². The minimum absolute atomic E-state index is 0.223. The van der Waals surface area contributed by atoms with Crippen LogP contribution in [0.1, 0.15) is 31.5 Å². The molecule has 1 unspecified atom stereocenters. The average molecular weight is 315 g/mol. The largest absolute Gasteiger partial charge is 0.480 e. The van der Waals surface area contributed by atoms with Crippen molar-refractivity contribution in [2.75, 3.05) is 0 Å². The van der Waals surface area contributed by atoms with Gasteiger partial charge in [-0.1, -0.05) is 13.3 Å². The molecule has 1 heterocycles. The second kappa shape index (κ2) is 5.07. The Morgan fingerprint density at radius 1 is 1.65 bits per heavy atom. The molecule has 1 aromatic heterocycles. The van der Waals surface area contributed by atoms with E-state index >= 15 is 0 Å². The summed E-state index contributed by atoms with van der Waals surface area (Å²) in [5, 5.41) is 12.2. The van der Waals surface area contributed by atoms with Crippen molar-refractivity contribution in [2.24, 2.45) is 0 Å². The third-order valence-electron chi connectivity index (χ3n) is 2.12. The number of carboxylic acids is 1. The maximum atomic E-state index is 12.5.